The summed E-state index contributed by atoms with van der Waals surface area (Å²) < 4.78 is 13.5. The second-order valence-electron chi connectivity index (χ2n) is 8.62. The number of hydrogen-bond acceptors (Lipinski definition) is 3. The molecule has 0 aliphatic carbocycles. The lowest BCUT2D eigenvalue weighted by Gasteiger charge is -2.31. The van der Waals surface area contributed by atoms with Crippen molar-refractivity contribution in [3.63, 3.8) is 0 Å². The molecule has 3 aromatic rings. The third-order valence-electron chi connectivity index (χ3n) is 5.75. The van der Waals surface area contributed by atoms with E-state index in [2.05, 4.69) is 12.2 Å². The smallest absolute Gasteiger partial charge is 0.243 e. The van der Waals surface area contributed by atoms with Crippen LogP contribution >= 0.6 is 23.4 Å². The van der Waals surface area contributed by atoms with Gasteiger partial charge in [0.15, 0.2) is 0 Å². The molecule has 7 heteroatoms. The number of carbonyl (C=O) groups excluding carboxylic acids is 2. The Morgan fingerprint density at radius 3 is 2.39 bits per heavy atom. The van der Waals surface area contributed by atoms with E-state index in [9.17, 15) is 14.0 Å². The van der Waals surface area contributed by atoms with E-state index in [1.54, 1.807) is 17.0 Å². The SMILES string of the molecule is CCCCNC(=O)C(Cc1ccccc1)N(Cc1ccc(F)cc1)C(=O)CSCc1cccc(Cl)c1. The molecule has 0 saturated carbocycles. The van der Waals surface area contributed by atoms with Crippen LogP contribution in [0.4, 0.5) is 4.39 Å². The normalized spacial score (nSPS) is 11.6. The number of benzene rings is 3. The predicted octanol–water partition coefficient (Wildman–Crippen LogP) is 6.27. The van der Waals surface area contributed by atoms with Gasteiger partial charge in [-0.25, -0.2) is 4.39 Å². The quantitative estimate of drug-likeness (QED) is 0.267. The highest BCUT2D eigenvalue weighted by Gasteiger charge is 2.30. The summed E-state index contributed by atoms with van der Waals surface area (Å²) in [6, 6.07) is 22.6. The van der Waals surface area contributed by atoms with Crippen molar-refractivity contribution in [2.24, 2.45) is 0 Å². The molecule has 3 aromatic carbocycles. The van der Waals surface area contributed by atoms with Crippen LogP contribution in [0.2, 0.25) is 5.02 Å². The van der Waals surface area contributed by atoms with Crippen LogP contribution in [-0.2, 0) is 28.3 Å². The second kappa shape index (κ2) is 14.7. The molecule has 0 radical (unpaired) electrons. The molecule has 1 N–H and O–H groups in total. The number of nitrogens with one attached hydrogen (secondary N) is 1. The maximum Gasteiger partial charge on any atom is 0.243 e. The van der Waals surface area contributed by atoms with Crippen molar-refractivity contribution in [3.8, 4) is 0 Å². The maximum atomic E-state index is 13.6. The van der Waals surface area contributed by atoms with Gasteiger partial charge in [-0.1, -0.05) is 79.5 Å². The molecule has 2 amide bonds. The fourth-order valence-electron chi connectivity index (χ4n) is 3.81. The Labute approximate surface area is 222 Å². The van der Waals surface area contributed by atoms with E-state index in [-0.39, 0.29) is 29.9 Å². The van der Waals surface area contributed by atoms with Crippen molar-refractivity contribution in [2.45, 2.75) is 44.5 Å². The fraction of sp³-hybridized carbons (Fsp3) is 0.310. The number of unbranched alkanes of at least 4 members (excludes halogenated alkanes) is 1. The molecular weight excluding hydrogens is 495 g/mol. The molecule has 3 rings (SSSR count). The fourth-order valence-corrected chi connectivity index (χ4v) is 4.88. The summed E-state index contributed by atoms with van der Waals surface area (Å²) in [6.07, 6.45) is 2.22. The average Bonchev–Trinajstić information content (AvgIpc) is 2.88. The van der Waals surface area contributed by atoms with Gasteiger partial charge in [0.05, 0.1) is 5.75 Å². The Bertz CT molecular complexity index is 1110. The third-order valence-corrected chi connectivity index (χ3v) is 6.97. The topological polar surface area (TPSA) is 49.4 Å². The van der Waals surface area contributed by atoms with Crippen LogP contribution in [0.3, 0.4) is 0 Å². The second-order valence-corrected chi connectivity index (χ2v) is 10.0. The minimum absolute atomic E-state index is 0.141. The van der Waals surface area contributed by atoms with Gasteiger partial charge in [-0.15, -0.1) is 11.8 Å². The number of hydrogen-bond donors (Lipinski definition) is 1. The van der Waals surface area contributed by atoms with E-state index in [4.69, 9.17) is 11.6 Å². The van der Waals surface area contributed by atoms with Crippen LogP contribution in [0.5, 0.6) is 0 Å². The summed E-state index contributed by atoms with van der Waals surface area (Å²) in [6.45, 7) is 2.84. The average molecular weight is 527 g/mol. The summed E-state index contributed by atoms with van der Waals surface area (Å²) in [5.74, 6) is 0.177. The molecule has 0 bridgehead atoms. The van der Waals surface area contributed by atoms with Gasteiger partial charge in [0.25, 0.3) is 0 Å². The predicted molar refractivity (Wildman–Crippen MR) is 146 cm³/mol. The van der Waals surface area contributed by atoms with Crippen LogP contribution in [-0.4, -0.2) is 35.1 Å². The Hall–Kier alpha value is -2.83. The molecule has 0 saturated heterocycles. The van der Waals surface area contributed by atoms with Crippen LogP contribution < -0.4 is 5.32 Å². The van der Waals surface area contributed by atoms with Crippen LogP contribution in [0.1, 0.15) is 36.5 Å². The molecule has 0 heterocycles. The van der Waals surface area contributed by atoms with E-state index < -0.39 is 6.04 Å². The Morgan fingerprint density at radius 2 is 1.69 bits per heavy atom. The molecule has 0 aromatic heterocycles. The van der Waals surface area contributed by atoms with Gasteiger partial charge in [0, 0.05) is 30.3 Å². The zero-order chi connectivity index (χ0) is 25.8. The van der Waals surface area contributed by atoms with Crippen molar-refractivity contribution < 1.29 is 14.0 Å². The van der Waals surface area contributed by atoms with Crippen LogP contribution in [0.25, 0.3) is 0 Å². The zero-order valence-corrected chi connectivity index (χ0v) is 22.0. The van der Waals surface area contributed by atoms with Crippen molar-refractivity contribution in [3.05, 3.63) is 106 Å². The van der Waals surface area contributed by atoms with Gasteiger partial charge in [0.1, 0.15) is 11.9 Å². The first-order valence-electron chi connectivity index (χ1n) is 12.1. The van der Waals surface area contributed by atoms with Crippen LogP contribution in [0.15, 0.2) is 78.9 Å². The maximum absolute atomic E-state index is 13.6. The first-order valence-corrected chi connectivity index (χ1v) is 13.7. The van der Waals surface area contributed by atoms with E-state index >= 15 is 0 Å². The van der Waals surface area contributed by atoms with Gasteiger partial charge in [0.2, 0.25) is 11.8 Å². The highest BCUT2D eigenvalue weighted by atomic mass is 35.5. The lowest BCUT2D eigenvalue weighted by Crippen LogP contribution is -2.51. The highest BCUT2D eigenvalue weighted by Crippen LogP contribution is 2.20. The molecule has 190 valence electrons. The van der Waals surface area contributed by atoms with Gasteiger partial charge in [-0.05, 0) is 47.4 Å². The lowest BCUT2D eigenvalue weighted by molar-refractivity contribution is -0.139. The van der Waals surface area contributed by atoms with E-state index in [0.29, 0.717) is 23.7 Å². The number of amides is 2. The van der Waals surface area contributed by atoms with Gasteiger partial charge >= 0.3 is 0 Å². The number of thioether (sulfide) groups is 1. The van der Waals surface area contributed by atoms with E-state index in [0.717, 1.165) is 29.5 Å². The van der Waals surface area contributed by atoms with Crippen molar-refractivity contribution in [1.82, 2.24) is 10.2 Å². The monoisotopic (exact) mass is 526 g/mol. The van der Waals surface area contributed by atoms with E-state index in [1.165, 1.54) is 23.9 Å². The zero-order valence-electron chi connectivity index (χ0n) is 20.5. The van der Waals surface area contributed by atoms with Crippen molar-refractivity contribution >= 4 is 35.2 Å². The Morgan fingerprint density at radius 1 is 0.972 bits per heavy atom. The lowest BCUT2D eigenvalue weighted by atomic mass is 10.0. The molecule has 0 fully saturated rings. The number of halogens is 2. The van der Waals surface area contributed by atoms with E-state index in [1.807, 2.05) is 54.6 Å². The van der Waals surface area contributed by atoms with Gasteiger partial charge < -0.3 is 10.2 Å². The molecule has 4 nitrogen and oxygen atoms in total. The molecule has 0 spiro atoms. The molecule has 1 atom stereocenters. The number of rotatable bonds is 13. The van der Waals surface area contributed by atoms with Gasteiger partial charge in [-0.2, -0.15) is 0 Å². The third kappa shape index (κ3) is 8.99. The molecule has 36 heavy (non-hydrogen) atoms. The molecular formula is C29H32ClFN2O2S. The first-order chi connectivity index (χ1) is 17.5. The number of nitrogens with zero attached hydrogens (tertiary/aromatic N) is 1. The minimum Gasteiger partial charge on any atom is -0.354 e. The highest BCUT2D eigenvalue weighted by molar-refractivity contribution is 7.99. The van der Waals surface area contributed by atoms with Gasteiger partial charge in [-0.3, -0.25) is 9.59 Å². The molecule has 1 unspecified atom stereocenters. The minimum atomic E-state index is -0.687. The summed E-state index contributed by atoms with van der Waals surface area (Å²) in [5.41, 5.74) is 2.77. The summed E-state index contributed by atoms with van der Waals surface area (Å²) >= 11 is 7.57. The van der Waals surface area contributed by atoms with Crippen molar-refractivity contribution in [1.29, 1.82) is 0 Å². The van der Waals surface area contributed by atoms with Crippen molar-refractivity contribution in [2.75, 3.05) is 12.3 Å². The van der Waals surface area contributed by atoms with Crippen LogP contribution in [0, 0.1) is 5.82 Å². The molecule has 0 aliphatic rings. The summed E-state index contributed by atoms with van der Waals surface area (Å²) in [5, 5.41) is 3.66. The standard InChI is InChI=1S/C29H32ClFN2O2S/c1-2-3-16-32-29(35)27(18-22-8-5-4-6-9-22)33(19-23-12-14-26(31)15-13-23)28(34)21-36-20-24-10-7-11-25(30)17-24/h4-15,17,27H,2-3,16,18-21H2,1H3,(H,32,35). The first kappa shape index (κ1) is 27.8. The summed E-state index contributed by atoms with van der Waals surface area (Å²) in [4.78, 5) is 28.6. The number of carbonyl (C=O) groups is 2. The molecule has 0 aliphatic heterocycles. The Kier molecular flexibility index (Phi) is 11.3. The summed E-state index contributed by atoms with van der Waals surface area (Å²) in [7, 11) is 0. The Balaban J connectivity index is 1.82. The largest absolute Gasteiger partial charge is 0.354 e.